The number of rotatable bonds is 5. The van der Waals surface area contributed by atoms with Crippen molar-refractivity contribution in [1.82, 2.24) is 10.4 Å². The van der Waals surface area contributed by atoms with E-state index in [0.717, 1.165) is 22.6 Å². The number of para-hydroxylation sites is 1. The third-order valence-corrected chi connectivity index (χ3v) is 6.29. The van der Waals surface area contributed by atoms with Gasteiger partial charge in [0.1, 0.15) is 17.5 Å². The highest BCUT2D eigenvalue weighted by molar-refractivity contribution is 6.30. The van der Waals surface area contributed by atoms with Crippen LogP contribution in [-0.4, -0.2) is 17.8 Å². The second-order valence-corrected chi connectivity index (χ2v) is 8.93. The fraction of sp³-hybridized carbons (Fsp3) is 0.0690. The zero-order chi connectivity index (χ0) is 25.2. The van der Waals surface area contributed by atoms with Gasteiger partial charge >= 0.3 is 6.03 Å². The monoisotopic (exact) mass is 511 g/mol. The van der Waals surface area contributed by atoms with E-state index in [1.807, 2.05) is 91.0 Å². The molecule has 0 aromatic heterocycles. The van der Waals surface area contributed by atoms with Crippen LogP contribution in [0.5, 0.6) is 23.0 Å². The van der Waals surface area contributed by atoms with Gasteiger partial charge in [0.05, 0.1) is 5.70 Å². The molecular weight excluding hydrogens is 490 g/mol. The van der Waals surface area contributed by atoms with Crippen molar-refractivity contribution < 1.29 is 19.0 Å². The maximum absolute atomic E-state index is 13.4. The van der Waals surface area contributed by atoms with E-state index in [2.05, 4.69) is 10.7 Å². The molecule has 8 heteroatoms. The van der Waals surface area contributed by atoms with E-state index in [9.17, 15) is 4.79 Å². The first-order valence-corrected chi connectivity index (χ1v) is 12.1. The van der Waals surface area contributed by atoms with Crippen LogP contribution in [0.15, 0.2) is 103 Å². The summed E-state index contributed by atoms with van der Waals surface area (Å²) in [6, 6.07) is 29.2. The Hall–Kier alpha value is -4.62. The van der Waals surface area contributed by atoms with Crippen LogP contribution < -0.4 is 25.0 Å². The molecule has 37 heavy (non-hydrogen) atoms. The predicted octanol–water partition coefficient (Wildman–Crippen LogP) is 7.00. The van der Waals surface area contributed by atoms with Gasteiger partial charge in [0, 0.05) is 10.7 Å². The van der Waals surface area contributed by atoms with Gasteiger partial charge in [-0.3, -0.25) is 5.43 Å². The van der Waals surface area contributed by atoms with Gasteiger partial charge in [-0.1, -0.05) is 48.0 Å². The molecule has 2 heterocycles. The van der Waals surface area contributed by atoms with Crippen LogP contribution in [0.1, 0.15) is 17.2 Å². The van der Waals surface area contributed by atoms with Crippen LogP contribution in [0.25, 0.3) is 5.70 Å². The first-order chi connectivity index (χ1) is 18.1. The van der Waals surface area contributed by atoms with E-state index in [0.29, 0.717) is 28.0 Å². The van der Waals surface area contributed by atoms with E-state index >= 15 is 0 Å². The number of fused-ring (bicyclic) bond motifs is 1. The lowest BCUT2D eigenvalue weighted by atomic mass is 10.0. The maximum atomic E-state index is 13.4. The number of amides is 2. The van der Waals surface area contributed by atoms with Crippen LogP contribution >= 0.6 is 11.6 Å². The average Bonchev–Trinajstić information content (AvgIpc) is 3.58. The highest BCUT2D eigenvalue weighted by Gasteiger charge is 2.32. The molecule has 184 valence electrons. The standard InChI is InChI=1S/C29H22ClN3O4/c30-21-9-6-19(7-10-21)25-17-26(20-8-15-27-28(16-20)36-18-35-27)33(32-25)29(34)31-22-11-13-24(14-12-22)37-23-4-2-1-3-5-23/h1-17,26,32H,18H2,(H,31,34). The number of hydrogen-bond donors (Lipinski definition) is 2. The number of carbonyl (C=O) groups excluding carboxylic acids is 1. The number of urea groups is 1. The summed E-state index contributed by atoms with van der Waals surface area (Å²) in [5.74, 6) is 2.76. The molecule has 0 fully saturated rings. The van der Waals surface area contributed by atoms with Crippen molar-refractivity contribution in [2.75, 3.05) is 12.1 Å². The van der Waals surface area contributed by atoms with Gasteiger partial charge < -0.3 is 19.5 Å². The fourth-order valence-corrected chi connectivity index (χ4v) is 4.32. The summed E-state index contributed by atoms with van der Waals surface area (Å²) in [5.41, 5.74) is 6.47. The van der Waals surface area contributed by atoms with Gasteiger partial charge in [-0.25, -0.2) is 9.80 Å². The number of hydrazine groups is 1. The summed E-state index contributed by atoms with van der Waals surface area (Å²) in [5, 5.41) is 5.16. The Morgan fingerprint density at radius 2 is 1.62 bits per heavy atom. The molecule has 2 aliphatic rings. The van der Waals surface area contributed by atoms with E-state index in [1.165, 1.54) is 0 Å². The molecule has 2 N–H and O–H groups in total. The third-order valence-electron chi connectivity index (χ3n) is 6.04. The summed E-state index contributed by atoms with van der Waals surface area (Å²) in [6.45, 7) is 0.182. The minimum atomic E-state index is -0.388. The van der Waals surface area contributed by atoms with Crippen LogP contribution in [0, 0.1) is 0 Å². The minimum absolute atomic E-state index is 0.182. The van der Waals surface area contributed by atoms with E-state index in [4.69, 9.17) is 25.8 Å². The molecule has 4 aromatic rings. The van der Waals surface area contributed by atoms with Gasteiger partial charge in [-0.05, 0) is 77.9 Å². The number of hydrogen-bond acceptors (Lipinski definition) is 5. The Balaban J connectivity index is 1.23. The molecule has 0 saturated carbocycles. The summed E-state index contributed by atoms with van der Waals surface area (Å²) in [7, 11) is 0. The Labute approximate surface area is 218 Å². The molecule has 0 spiro atoms. The van der Waals surface area contributed by atoms with Crippen molar-refractivity contribution in [3.8, 4) is 23.0 Å². The first-order valence-electron chi connectivity index (χ1n) is 11.7. The topological polar surface area (TPSA) is 72.1 Å². The van der Waals surface area contributed by atoms with Crippen molar-refractivity contribution in [2.24, 2.45) is 0 Å². The average molecular weight is 512 g/mol. The lowest BCUT2D eigenvalue weighted by Gasteiger charge is -2.26. The lowest BCUT2D eigenvalue weighted by Crippen LogP contribution is -2.42. The quantitative estimate of drug-likeness (QED) is 0.302. The Morgan fingerprint density at radius 1 is 0.892 bits per heavy atom. The highest BCUT2D eigenvalue weighted by atomic mass is 35.5. The smallest absolute Gasteiger partial charge is 0.341 e. The maximum Gasteiger partial charge on any atom is 0.341 e. The molecule has 6 rings (SSSR count). The highest BCUT2D eigenvalue weighted by Crippen LogP contribution is 2.38. The summed E-state index contributed by atoms with van der Waals surface area (Å²) in [4.78, 5) is 13.4. The molecule has 7 nitrogen and oxygen atoms in total. The van der Waals surface area contributed by atoms with Crippen LogP contribution in [0.2, 0.25) is 5.02 Å². The van der Waals surface area contributed by atoms with E-state index < -0.39 is 0 Å². The largest absolute Gasteiger partial charge is 0.457 e. The summed E-state index contributed by atoms with van der Waals surface area (Å²) in [6.07, 6.45) is 2.00. The van der Waals surface area contributed by atoms with Gasteiger partial charge in [-0.2, -0.15) is 0 Å². The van der Waals surface area contributed by atoms with Crippen LogP contribution in [0.4, 0.5) is 10.5 Å². The van der Waals surface area contributed by atoms with Crippen molar-refractivity contribution >= 4 is 29.0 Å². The molecule has 2 aliphatic heterocycles. The Morgan fingerprint density at radius 3 is 2.41 bits per heavy atom. The fourth-order valence-electron chi connectivity index (χ4n) is 4.19. The number of carbonyl (C=O) groups is 1. The van der Waals surface area contributed by atoms with Crippen molar-refractivity contribution in [2.45, 2.75) is 6.04 Å². The third kappa shape index (κ3) is 4.90. The number of ether oxygens (including phenoxy) is 3. The summed E-state index contributed by atoms with van der Waals surface area (Å²) >= 11 is 6.07. The van der Waals surface area contributed by atoms with Gasteiger partial charge in [0.2, 0.25) is 6.79 Å². The number of nitrogens with zero attached hydrogens (tertiary/aromatic N) is 1. The van der Waals surface area contributed by atoms with Crippen molar-refractivity contribution in [3.05, 3.63) is 119 Å². The number of anilines is 1. The number of halogens is 1. The van der Waals surface area contributed by atoms with Crippen LogP contribution in [0.3, 0.4) is 0 Å². The Kier molecular flexibility index (Phi) is 6.04. The molecule has 1 atom stereocenters. The van der Waals surface area contributed by atoms with Crippen molar-refractivity contribution in [3.63, 3.8) is 0 Å². The van der Waals surface area contributed by atoms with E-state index in [1.54, 1.807) is 17.1 Å². The molecular formula is C29H22ClN3O4. The second-order valence-electron chi connectivity index (χ2n) is 8.50. The second kappa shape index (κ2) is 9.79. The zero-order valence-corrected chi connectivity index (χ0v) is 20.3. The van der Waals surface area contributed by atoms with Gasteiger partial charge in [0.25, 0.3) is 0 Å². The molecule has 4 aromatic carbocycles. The molecule has 0 saturated heterocycles. The normalized spacial score (nSPS) is 15.6. The SMILES string of the molecule is O=C(Nc1ccc(Oc2ccccc2)cc1)N1NC(c2ccc(Cl)cc2)=CC1c1ccc2c(c1)OCO2. The number of benzene rings is 4. The Bertz CT molecular complexity index is 1460. The minimum Gasteiger partial charge on any atom is -0.457 e. The van der Waals surface area contributed by atoms with Crippen LogP contribution in [-0.2, 0) is 0 Å². The van der Waals surface area contributed by atoms with Gasteiger partial charge in [-0.15, -0.1) is 0 Å². The summed E-state index contributed by atoms with van der Waals surface area (Å²) < 4.78 is 16.9. The van der Waals surface area contributed by atoms with Crippen molar-refractivity contribution in [1.29, 1.82) is 0 Å². The van der Waals surface area contributed by atoms with E-state index in [-0.39, 0.29) is 18.9 Å². The molecule has 2 amide bonds. The molecule has 0 bridgehead atoms. The number of nitrogens with one attached hydrogen (secondary N) is 2. The molecule has 0 aliphatic carbocycles. The molecule has 1 unspecified atom stereocenters. The van der Waals surface area contributed by atoms with Gasteiger partial charge in [0.15, 0.2) is 11.5 Å². The predicted molar refractivity (Wildman–Crippen MR) is 142 cm³/mol. The molecule has 0 radical (unpaired) electrons. The first kappa shape index (κ1) is 22.8. The zero-order valence-electron chi connectivity index (χ0n) is 19.6. The lowest BCUT2D eigenvalue weighted by molar-refractivity contribution is 0.173.